The number of amides is 3. The molecular weight excluding hydrogens is 568 g/mol. The number of carbonyl (C=O) groups excluding carboxylic acids is 3. The summed E-state index contributed by atoms with van der Waals surface area (Å²) in [5.74, 6) is -0.0147. The number of fused-ring (bicyclic) bond motifs is 1. The van der Waals surface area contributed by atoms with E-state index in [2.05, 4.69) is 15.5 Å². The van der Waals surface area contributed by atoms with Gasteiger partial charge in [-0.15, -0.1) is 11.3 Å². The quantitative estimate of drug-likeness (QED) is 0.255. The second kappa shape index (κ2) is 14.8. The SMILES string of the molecule is CCNC(=O)CC1(COCOCC)CCCN(C2CCN(C(=O)c3c(NC(=O)OC(C)(C)C)sc4ccccc34)CC2)C1. The minimum atomic E-state index is -0.645. The lowest BCUT2D eigenvalue weighted by molar-refractivity contribution is -0.131. The van der Waals surface area contributed by atoms with Gasteiger partial charge in [0.15, 0.2) is 0 Å². The van der Waals surface area contributed by atoms with Gasteiger partial charge in [-0.25, -0.2) is 4.79 Å². The van der Waals surface area contributed by atoms with Gasteiger partial charge in [0.2, 0.25) is 5.91 Å². The first-order valence-electron chi connectivity index (χ1n) is 15.5. The molecule has 238 valence electrons. The van der Waals surface area contributed by atoms with E-state index in [4.69, 9.17) is 14.2 Å². The summed E-state index contributed by atoms with van der Waals surface area (Å²) < 4.78 is 17.7. The van der Waals surface area contributed by atoms with Crippen molar-refractivity contribution in [3.8, 4) is 0 Å². The molecule has 43 heavy (non-hydrogen) atoms. The smallest absolute Gasteiger partial charge is 0.412 e. The van der Waals surface area contributed by atoms with Crippen LogP contribution >= 0.6 is 11.3 Å². The van der Waals surface area contributed by atoms with E-state index in [9.17, 15) is 14.4 Å². The molecule has 0 spiro atoms. The summed E-state index contributed by atoms with van der Waals surface area (Å²) in [6.07, 6.45) is 3.48. The van der Waals surface area contributed by atoms with Crippen molar-refractivity contribution in [3.05, 3.63) is 29.8 Å². The molecule has 1 aromatic heterocycles. The highest BCUT2D eigenvalue weighted by molar-refractivity contribution is 7.23. The molecule has 2 N–H and O–H groups in total. The van der Waals surface area contributed by atoms with Crippen LogP contribution in [0.1, 0.15) is 77.1 Å². The Morgan fingerprint density at radius 1 is 1.07 bits per heavy atom. The van der Waals surface area contributed by atoms with Crippen molar-refractivity contribution >= 4 is 44.3 Å². The number of likely N-dealkylation sites (tertiary alicyclic amines) is 2. The molecule has 0 bridgehead atoms. The van der Waals surface area contributed by atoms with Gasteiger partial charge in [-0.05, 0) is 72.9 Å². The van der Waals surface area contributed by atoms with Gasteiger partial charge in [-0.1, -0.05) is 18.2 Å². The number of nitrogens with zero attached hydrogens (tertiary/aromatic N) is 2. The summed E-state index contributed by atoms with van der Waals surface area (Å²) in [6, 6.07) is 8.06. The van der Waals surface area contributed by atoms with Crippen LogP contribution in [-0.2, 0) is 19.0 Å². The molecule has 0 saturated carbocycles. The summed E-state index contributed by atoms with van der Waals surface area (Å²) in [6.45, 7) is 14.2. The van der Waals surface area contributed by atoms with E-state index in [1.807, 2.05) is 63.8 Å². The topological polar surface area (TPSA) is 109 Å². The Morgan fingerprint density at radius 3 is 2.51 bits per heavy atom. The summed E-state index contributed by atoms with van der Waals surface area (Å²) >= 11 is 1.39. The molecule has 0 aliphatic carbocycles. The van der Waals surface area contributed by atoms with Gasteiger partial charge in [0.25, 0.3) is 5.91 Å². The van der Waals surface area contributed by atoms with Crippen molar-refractivity contribution in [2.75, 3.05) is 58.0 Å². The predicted octanol–water partition coefficient (Wildman–Crippen LogP) is 5.47. The third kappa shape index (κ3) is 8.90. The number of thiophene rings is 1. The molecule has 11 heteroatoms. The summed E-state index contributed by atoms with van der Waals surface area (Å²) in [4.78, 5) is 43.7. The van der Waals surface area contributed by atoms with Crippen LogP contribution in [-0.4, -0.2) is 92.1 Å². The first-order valence-corrected chi connectivity index (χ1v) is 16.3. The number of anilines is 1. The lowest BCUT2D eigenvalue weighted by Crippen LogP contribution is -2.54. The summed E-state index contributed by atoms with van der Waals surface area (Å²) in [5.41, 5.74) is -0.386. The average molecular weight is 617 g/mol. The number of piperidine rings is 2. The minimum absolute atomic E-state index is 0.0589. The molecule has 2 aliphatic heterocycles. The van der Waals surface area contributed by atoms with Crippen LogP contribution in [0.5, 0.6) is 0 Å². The van der Waals surface area contributed by atoms with Crippen molar-refractivity contribution in [2.24, 2.45) is 5.41 Å². The Balaban J connectivity index is 1.44. The van der Waals surface area contributed by atoms with Crippen LogP contribution in [0.2, 0.25) is 0 Å². The molecular formula is C32H48N4O6S. The van der Waals surface area contributed by atoms with Gasteiger partial charge in [-0.3, -0.25) is 19.8 Å². The zero-order valence-electron chi connectivity index (χ0n) is 26.3. The molecule has 2 fully saturated rings. The highest BCUT2D eigenvalue weighted by Crippen LogP contribution is 2.39. The Morgan fingerprint density at radius 2 is 1.81 bits per heavy atom. The molecule has 1 aromatic carbocycles. The van der Waals surface area contributed by atoms with Gasteiger partial charge in [0.05, 0.1) is 12.2 Å². The second-order valence-corrected chi connectivity index (χ2v) is 13.7. The summed E-state index contributed by atoms with van der Waals surface area (Å²) in [7, 11) is 0. The number of benzene rings is 1. The maximum absolute atomic E-state index is 14.0. The number of carbonyl (C=O) groups is 3. The van der Waals surface area contributed by atoms with Crippen molar-refractivity contribution in [3.63, 3.8) is 0 Å². The van der Waals surface area contributed by atoms with Crippen LogP contribution in [0.3, 0.4) is 0 Å². The van der Waals surface area contributed by atoms with E-state index < -0.39 is 11.7 Å². The van der Waals surface area contributed by atoms with Gasteiger partial charge >= 0.3 is 6.09 Å². The Bertz CT molecular complexity index is 1250. The van der Waals surface area contributed by atoms with E-state index in [0.29, 0.717) is 55.9 Å². The van der Waals surface area contributed by atoms with E-state index in [1.54, 1.807) is 0 Å². The number of ether oxygens (including phenoxy) is 3. The highest BCUT2D eigenvalue weighted by Gasteiger charge is 2.41. The number of hydrogen-bond donors (Lipinski definition) is 2. The van der Waals surface area contributed by atoms with Crippen LogP contribution in [0.25, 0.3) is 10.1 Å². The van der Waals surface area contributed by atoms with Crippen molar-refractivity contribution in [1.29, 1.82) is 0 Å². The predicted molar refractivity (Wildman–Crippen MR) is 170 cm³/mol. The summed E-state index contributed by atoms with van der Waals surface area (Å²) in [5, 5.41) is 7.16. The fourth-order valence-corrected chi connectivity index (χ4v) is 7.29. The van der Waals surface area contributed by atoms with Crippen LogP contribution < -0.4 is 10.6 Å². The van der Waals surface area contributed by atoms with E-state index >= 15 is 0 Å². The van der Waals surface area contributed by atoms with Crippen LogP contribution in [0.15, 0.2) is 24.3 Å². The monoisotopic (exact) mass is 616 g/mol. The zero-order chi connectivity index (χ0) is 31.0. The lowest BCUT2D eigenvalue weighted by Gasteiger charge is -2.47. The molecule has 0 radical (unpaired) electrons. The van der Waals surface area contributed by atoms with Crippen LogP contribution in [0.4, 0.5) is 9.80 Å². The van der Waals surface area contributed by atoms with Gasteiger partial charge in [-0.2, -0.15) is 0 Å². The number of nitrogens with one attached hydrogen (secondary N) is 2. The fraction of sp³-hybridized carbons (Fsp3) is 0.656. The third-order valence-electron chi connectivity index (χ3n) is 8.07. The Kier molecular flexibility index (Phi) is 11.4. The Labute approximate surface area is 259 Å². The zero-order valence-corrected chi connectivity index (χ0v) is 27.1. The number of hydrogen-bond acceptors (Lipinski definition) is 8. The first-order chi connectivity index (χ1) is 20.5. The fourth-order valence-electron chi connectivity index (χ4n) is 6.21. The molecule has 3 amide bonds. The van der Waals surface area contributed by atoms with Crippen molar-refractivity contribution < 1.29 is 28.6 Å². The Hall–Kier alpha value is -2.73. The minimum Gasteiger partial charge on any atom is -0.444 e. The normalized spacial score (nSPS) is 20.3. The van der Waals surface area contributed by atoms with E-state index in [-0.39, 0.29) is 24.0 Å². The van der Waals surface area contributed by atoms with Gasteiger partial charge < -0.3 is 24.4 Å². The molecule has 4 rings (SSSR count). The van der Waals surface area contributed by atoms with E-state index in [0.717, 1.165) is 48.9 Å². The molecule has 10 nitrogen and oxygen atoms in total. The number of rotatable bonds is 11. The molecule has 1 atom stereocenters. The van der Waals surface area contributed by atoms with Gasteiger partial charge in [0.1, 0.15) is 17.4 Å². The largest absolute Gasteiger partial charge is 0.444 e. The second-order valence-electron chi connectivity index (χ2n) is 12.6. The van der Waals surface area contributed by atoms with Gasteiger partial charge in [0, 0.05) is 60.7 Å². The average Bonchev–Trinajstić information content (AvgIpc) is 3.32. The standard InChI is InChI=1S/C32H48N4O6S/c1-6-33-26(37)19-32(21-41-22-40-7-2)15-10-16-36(20-32)23-13-17-35(18-14-23)29(38)27-24-11-8-9-12-25(24)43-28(27)34-30(39)42-31(3,4)5/h8-9,11-12,23H,6-7,10,13-22H2,1-5H3,(H,33,37)(H,34,39). The van der Waals surface area contributed by atoms with E-state index in [1.165, 1.54) is 11.3 Å². The molecule has 3 heterocycles. The van der Waals surface area contributed by atoms with Crippen molar-refractivity contribution in [1.82, 2.24) is 15.1 Å². The molecule has 2 aromatic rings. The van der Waals surface area contributed by atoms with Crippen molar-refractivity contribution in [2.45, 2.75) is 78.4 Å². The highest BCUT2D eigenvalue weighted by atomic mass is 32.1. The maximum atomic E-state index is 14.0. The third-order valence-corrected chi connectivity index (χ3v) is 9.16. The molecule has 2 saturated heterocycles. The molecule has 1 unspecified atom stereocenters. The maximum Gasteiger partial charge on any atom is 0.412 e. The van der Waals surface area contributed by atoms with Crippen LogP contribution in [0, 0.1) is 5.41 Å². The lowest BCUT2D eigenvalue weighted by atomic mass is 9.76. The first kappa shape index (κ1) is 33.2. The molecule has 2 aliphatic rings.